The summed E-state index contributed by atoms with van der Waals surface area (Å²) in [6.45, 7) is 6.19. The predicted octanol–water partition coefficient (Wildman–Crippen LogP) is 1.34. The molecule has 0 saturated carbocycles. The zero-order valence-corrected chi connectivity index (χ0v) is 8.66. The maximum absolute atomic E-state index is 5.10. The van der Waals surface area contributed by atoms with E-state index < -0.39 is 0 Å². The first kappa shape index (κ1) is 10.2. The second-order valence-electron chi connectivity index (χ2n) is 3.59. The monoisotopic (exact) mass is 183 g/mol. The van der Waals surface area contributed by atoms with Crippen LogP contribution in [-0.2, 0) is 6.42 Å². The summed E-state index contributed by atoms with van der Waals surface area (Å²) in [6, 6.07) is 0.375. The second kappa shape index (κ2) is 4.37. The molecular weight excluding hydrogens is 166 g/mol. The SMILES string of the molecule is CNC(C)Cc1nc(C(C)C)no1. The van der Waals surface area contributed by atoms with Gasteiger partial charge in [-0.05, 0) is 14.0 Å². The third-order valence-corrected chi connectivity index (χ3v) is 1.97. The summed E-state index contributed by atoms with van der Waals surface area (Å²) < 4.78 is 5.10. The molecule has 4 heteroatoms. The van der Waals surface area contributed by atoms with Gasteiger partial charge < -0.3 is 9.84 Å². The van der Waals surface area contributed by atoms with Crippen LogP contribution in [0.1, 0.15) is 38.4 Å². The Morgan fingerprint density at radius 1 is 1.38 bits per heavy atom. The maximum Gasteiger partial charge on any atom is 0.228 e. The van der Waals surface area contributed by atoms with E-state index >= 15 is 0 Å². The smallest absolute Gasteiger partial charge is 0.228 e. The molecule has 0 aromatic carbocycles. The van der Waals surface area contributed by atoms with Crippen LogP contribution >= 0.6 is 0 Å². The molecule has 1 aromatic heterocycles. The fourth-order valence-electron chi connectivity index (χ4n) is 0.949. The molecule has 74 valence electrons. The first-order valence-electron chi connectivity index (χ1n) is 4.63. The van der Waals surface area contributed by atoms with Gasteiger partial charge in [0.1, 0.15) is 0 Å². The van der Waals surface area contributed by atoms with E-state index in [1.165, 1.54) is 0 Å². The Labute approximate surface area is 78.7 Å². The molecule has 1 N–H and O–H groups in total. The van der Waals surface area contributed by atoms with E-state index in [-0.39, 0.29) is 0 Å². The minimum absolute atomic E-state index is 0.336. The van der Waals surface area contributed by atoms with Gasteiger partial charge in [-0.1, -0.05) is 19.0 Å². The average Bonchev–Trinajstić information content (AvgIpc) is 2.52. The summed E-state index contributed by atoms with van der Waals surface area (Å²) in [5.74, 6) is 1.84. The highest BCUT2D eigenvalue weighted by molar-refractivity contribution is 4.92. The van der Waals surface area contributed by atoms with Crippen LogP contribution in [0.3, 0.4) is 0 Å². The Hall–Kier alpha value is -0.900. The number of aromatic nitrogens is 2. The van der Waals surface area contributed by atoms with Crippen molar-refractivity contribution in [2.45, 2.75) is 39.2 Å². The van der Waals surface area contributed by atoms with Gasteiger partial charge in [0.2, 0.25) is 5.89 Å². The highest BCUT2D eigenvalue weighted by Gasteiger charge is 2.11. The molecule has 1 unspecified atom stereocenters. The van der Waals surface area contributed by atoms with Crippen LogP contribution in [-0.4, -0.2) is 23.2 Å². The van der Waals surface area contributed by atoms with Crippen LogP contribution in [0.4, 0.5) is 0 Å². The van der Waals surface area contributed by atoms with Crippen LogP contribution < -0.4 is 5.32 Å². The number of nitrogens with one attached hydrogen (secondary N) is 1. The Balaban J connectivity index is 2.58. The van der Waals surface area contributed by atoms with Crippen molar-refractivity contribution in [1.29, 1.82) is 0 Å². The van der Waals surface area contributed by atoms with Gasteiger partial charge in [-0.3, -0.25) is 0 Å². The van der Waals surface area contributed by atoms with E-state index in [2.05, 4.69) is 36.2 Å². The Kier molecular flexibility index (Phi) is 3.42. The van der Waals surface area contributed by atoms with Gasteiger partial charge in [0.05, 0.1) is 0 Å². The van der Waals surface area contributed by atoms with Crippen LogP contribution in [0.25, 0.3) is 0 Å². The van der Waals surface area contributed by atoms with Crippen molar-refractivity contribution in [2.75, 3.05) is 7.05 Å². The number of rotatable bonds is 4. The molecule has 0 amide bonds. The summed E-state index contributed by atoms with van der Waals surface area (Å²) in [5, 5.41) is 7.01. The van der Waals surface area contributed by atoms with Crippen LogP contribution in [0.15, 0.2) is 4.52 Å². The van der Waals surface area contributed by atoms with Crippen LogP contribution in [0.5, 0.6) is 0 Å². The van der Waals surface area contributed by atoms with Gasteiger partial charge in [-0.25, -0.2) is 0 Å². The second-order valence-corrected chi connectivity index (χ2v) is 3.59. The average molecular weight is 183 g/mol. The number of nitrogens with zero attached hydrogens (tertiary/aromatic N) is 2. The van der Waals surface area contributed by atoms with E-state index in [4.69, 9.17) is 4.52 Å². The van der Waals surface area contributed by atoms with Crippen LogP contribution in [0.2, 0.25) is 0 Å². The fourth-order valence-corrected chi connectivity index (χ4v) is 0.949. The first-order chi connectivity index (χ1) is 6.13. The molecule has 4 nitrogen and oxygen atoms in total. The summed E-state index contributed by atoms with van der Waals surface area (Å²) in [4.78, 5) is 4.28. The molecule has 0 aliphatic rings. The van der Waals surface area contributed by atoms with Crippen molar-refractivity contribution >= 4 is 0 Å². The summed E-state index contributed by atoms with van der Waals surface area (Å²) in [7, 11) is 1.92. The lowest BCUT2D eigenvalue weighted by atomic mass is 10.2. The molecule has 0 saturated heterocycles. The zero-order valence-electron chi connectivity index (χ0n) is 8.66. The molecule has 13 heavy (non-hydrogen) atoms. The van der Waals surface area contributed by atoms with E-state index in [9.17, 15) is 0 Å². The number of likely N-dealkylation sites (N-methyl/N-ethyl adjacent to an activating group) is 1. The molecule has 0 spiro atoms. The normalized spacial score (nSPS) is 13.6. The fraction of sp³-hybridized carbons (Fsp3) is 0.778. The molecule has 0 aliphatic heterocycles. The summed E-state index contributed by atoms with van der Waals surface area (Å²) in [5.41, 5.74) is 0. The standard InChI is InChI=1S/C9H17N3O/c1-6(2)9-11-8(13-12-9)5-7(3)10-4/h6-7,10H,5H2,1-4H3. The molecule has 0 radical (unpaired) electrons. The van der Waals surface area contributed by atoms with Crippen molar-refractivity contribution < 1.29 is 4.52 Å². The third-order valence-electron chi connectivity index (χ3n) is 1.97. The third kappa shape index (κ3) is 2.81. The molecular formula is C9H17N3O. The minimum Gasteiger partial charge on any atom is -0.339 e. The predicted molar refractivity (Wildman–Crippen MR) is 50.6 cm³/mol. The van der Waals surface area contributed by atoms with Gasteiger partial charge >= 0.3 is 0 Å². The lowest BCUT2D eigenvalue weighted by molar-refractivity contribution is 0.359. The van der Waals surface area contributed by atoms with Crippen molar-refractivity contribution in [3.05, 3.63) is 11.7 Å². The van der Waals surface area contributed by atoms with Gasteiger partial charge in [-0.2, -0.15) is 4.98 Å². The highest BCUT2D eigenvalue weighted by Crippen LogP contribution is 2.10. The Morgan fingerprint density at radius 2 is 2.08 bits per heavy atom. The maximum atomic E-state index is 5.10. The minimum atomic E-state index is 0.336. The summed E-state index contributed by atoms with van der Waals surface area (Å²) in [6.07, 6.45) is 0.788. The van der Waals surface area contributed by atoms with E-state index in [0.29, 0.717) is 17.9 Å². The number of hydrogen-bond acceptors (Lipinski definition) is 4. The van der Waals surface area contributed by atoms with Crippen molar-refractivity contribution in [3.63, 3.8) is 0 Å². The van der Waals surface area contributed by atoms with Crippen molar-refractivity contribution in [1.82, 2.24) is 15.5 Å². The first-order valence-corrected chi connectivity index (χ1v) is 4.63. The molecule has 1 aromatic rings. The highest BCUT2D eigenvalue weighted by atomic mass is 16.5. The van der Waals surface area contributed by atoms with E-state index in [1.807, 2.05) is 7.05 Å². The van der Waals surface area contributed by atoms with Crippen molar-refractivity contribution in [2.24, 2.45) is 0 Å². The Bertz CT molecular complexity index is 257. The molecule has 0 aliphatic carbocycles. The molecule has 0 bridgehead atoms. The van der Waals surface area contributed by atoms with Gasteiger partial charge in [0, 0.05) is 18.4 Å². The van der Waals surface area contributed by atoms with Crippen LogP contribution in [0, 0.1) is 0 Å². The lowest BCUT2D eigenvalue weighted by Gasteiger charge is -2.04. The largest absolute Gasteiger partial charge is 0.339 e. The lowest BCUT2D eigenvalue weighted by Crippen LogP contribution is -2.23. The van der Waals surface area contributed by atoms with Gasteiger partial charge in [0.15, 0.2) is 5.82 Å². The van der Waals surface area contributed by atoms with E-state index in [0.717, 1.165) is 12.2 Å². The Morgan fingerprint density at radius 3 is 2.54 bits per heavy atom. The molecule has 1 rings (SSSR count). The van der Waals surface area contributed by atoms with Gasteiger partial charge in [0.25, 0.3) is 0 Å². The van der Waals surface area contributed by atoms with Gasteiger partial charge in [-0.15, -0.1) is 0 Å². The molecule has 1 heterocycles. The molecule has 0 fully saturated rings. The molecule has 1 atom stereocenters. The van der Waals surface area contributed by atoms with E-state index in [1.54, 1.807) is 0 Å². The number of hydrogen-bond donors (Lipinski definition) is 1. The topological polar surface area (TPSA) is 51.0 Å². The summed E-state index contributed by atoms with van der Waals surface area (Å²) >= 11 is 0. The quantitative estimate of drug-likeness (QED) is 0.765. The zero-order chi connectivity index (χ0) is 9.84. The van der Waals surface area contributed by atoms with Crippen molar-refractivity contribution in [3.8, 4) is 0 Å².